The van der Waals surface area contributed by atoms with E-state index < -0.39 is 0 Å². The number of hydrogen-bond donors (Lipinski definition) is 1. The van der Waals surface area contributed by atoms with Gasteiger partial charge in [-0.2, -0.15) is 0 Å². The Balaban J connectivity index is 1.80. The third-order valence-corrected chi connectivity index (χ3v) is 4.36. The van der Waals surface area contributed by atoms with Gasteiger partial charge in [0.1, 0.15) is 17.3 Å². The van der Waals surface area contributed by atoms with E-state index in [1.165, 1.54) is 0 Å². The summed E-state index contributed by atoms with van der Waals surface area (Å²) in [6.45, 7) is 0.428. The number of aromatic nitrogens is 1. The molecule has 2 heterocycles. The summed E-state index contributed by atoms with van der Waals surface area (Å²) in [7, 11) is 4.87. The van der Waals surface area contributed by atoms with Gasteiger partial charge >= 0.3 is 0 Å². The lowest BCUT2D eigenvalue weighted by Crippen LogP contribution is -2.26. The molecule has 1 N–H and O–H groups in total. The maximum atomic E-state index is 12.4. The number of benzene rings is 1. The number of methoxy groups -OCH3 is 2. The van der Waals surface area contributed by atoms with Gasteiger partial charge in [-0.3, -0.25) is 9.59 Å². The zero-order valence-corrected chi connectivity index (χ0v) is 15.0. The highest BCUT2D eigenvalue weighted by Gasteiger charge is 2.32. The average Bonchev–Trinajstić information content (AvgIpc) is 3.00. The van der Waals surface area contributed by atoms with Crippen LogP contribution in [0.15, 0.2) is 36.4 Å². The first kappa shape index (κ1) is 17.7. The van der Waals surface area contributed by atoms with Crippen molar-refractivity contribution >= 4 is 17.6 Å². The molecular formula is C19H21N3O4. The fraction of sp³-hybridized carbons (Fsp3) is 0.316. The zero-order chi connectivity index (χ0) is 18.7. The Hall–Kier alpha value is -3.09. The average molecular weight is 355 g/mol. The SMILES string of the molecule is COc1cc(OC)cc(-c2cccc(NC(=O)C3CC(=O)N(C)C3)n2)c1. The Bertz CT molecular complexity index is 815. The summed E-state index contributed by atoms with van der Waals surface area (Å²) in [6.07, 6.45) is 0.231. The lowest BCUT2D eigenvalue weighted by atomic mass is 10.1. The van der Waals surface area contributed by atoms with Gasteiger partial charge in [-0.1, -0.05) is 6.07 Å². The second-order valence-electron chi connectivity index (χ2n) is 6.17. The van der Waals surface area contributed by atoms with Crippen LogP contribution in [0.25, 0.3) is 11.3 Å². The van der Waals surface area contributed by atoms with Crippen molar-refractivity contribution in [3.05, 3.63) is 36.4 Å². The molecular weight excluding hydrogens is 334 g/mol. The molecule has 1 unspecified atom stereocenters. The number of hydrogen-bond acceptors (Lipinski definition) is 5. The minimum absolute atomic E-state index is 0.0182. The third-order valence-electron chi connectivity index (χ3n) is 4.36. The maximum Gasteiger partial charge on any atom is 0.230 e. The molecule has 1 atom stereocenters. The van der Waals surface area contributed by atoms with Crippen LogP contribution in [0.1, 0.15) is 6.42 Å². The highest BCUT2D eigenvalue weighted by atomic mass is 16.5. The van der Waals surface area contributed by atoms with E-state index in [-0.39, 0.29) is 24.2 Å². The van der Waals surface area contributed by atoms with Gasteiger partial charge in [-0.05, 0) is 24.3 Å². The van der Waals surface area contributed by atoms with Crippen LogP contribution in [0.5, 0.6) is 11.5 Å². The Morgan fingerprint density at radius 3 is 2.46 bits per heavy atom. The van der Waals surface area contributed by atoms with Crippen molar-refractivity contribution in [2.75, 3.05) is 33.1 Å². The highest BCUT2D eigenvalue weighted by molar-refractivity contribution is 5.96. The highest BCUT2D eigenvalue weighted by Crippen LogP contribution is 2.29. The second kappa shape index (κ2) is 7.43. The number of rotatable bonds is 5. The molecule has 0 saturated carbocycles. The summed E-state index contributed by atoms with van der Waals surface area (Å²) >= 11 is 0. The van der Waals surface area contributed by atoms with Crippen molar-refractivity contribution in [1.29, 1.82) is 0 Å². The molecule has 7 nitrogen and oxygen atoms in total. The summed E-state index contributed by atoms with van der Waals surface area (Å²) in [4.78, 5) is 30.1. The lowest BCUT2D eigenvalue weighted by molar-refractivity contribution is -0.127. The van der Waals surface area contributed by atoms with Gasteiger partial charge in [0, 0.05) is 31.6 Å². The molecule has 0 radical (unpaired) electrons. The zero-order valence-electron chi connectivity index (χ0n) is 15.0. The topological polar surface area (TPSA) is 80.8 Å². The van der Waals surface area contributed by atoms with E-state index in [9.17, 15) is 9.59 Å². The summed E-state index contributed by atoms with van der Waals surface area (Å²) in [5.41, 5.74) is 1.49. The van der Waals surface area contributed by atoms with Gasteiger partial charge in [-0.25, -0.2) is 4.98 Å². The fourth-order valence-electron chi connectivity index (χ4n) is 2.89. The van der Waals surface area contributed by atoms with Crippen molar-refractivity contribution < 1.29 is 19.1 Å². The van der Waals surface area contributed by atoms with Gasteiger partial charge in [0.2, 0.25) is 11.8 Å². The Kier molecular flexibility index (Phi) is 5.06. The molecule has 0 aliphatic carbocycles. The minimum Gasteiger partial charge on any atom is -0.497 e. The van der Waals surface area contributed by atoms with Crippen molar-refractivity contribution in [3.8, 4) is 22.8 Å². The first-order valence-corrected chi connectivity index (χ1v) is 8.25. The van der Waals surface area contributed by atoms with E-state index in [1.54, 1.807) is 38.3 Å². The smallest absolute Gasteiger partial charge is 0.230 e. The number of likely N-dealkylation sites (tertiary alicyclic amines) is 1. The largest absolute Gasteiger partial charge is 0.497 e. The molecule has 2 aromatic rings. The summed E-state index contributed by atoms with van der Waals surface area (Å²) in [5.74, 6) is 1.18. The molecule has 1 aliphatic rings. The Morgan fingerprint density at radius 2 is 1.88 bits per heavy atom. The number of anilines is 1. The molecule has 3 rings (SSSR count). The van der Waals surface area contributed by atoms with E-state index in [1.807, 2.05) is 24.3 Å². The van der Waals surface area contributed by atoms with Gasteiger partial charge in [0.05, 0.1) is 25.8 Å². The molecule has 0 bridgehead atoms. The van der Waals surface area contributed by atoms with Crippen LogP contribution in [-0.2, 0) is 9.59 Å². The van der Waals surface area contributed by atoms with Crippen LogP contribution in [-0.4, -0.2) is 49.5 Å². The van der Waals surface area contributed by atoms with Crippen molar-refractivity contribution in [2.45, 2.75) is 6.42 Å². The van der Waals surface area contributed by atoms with Crippen LogP contribution in [0, 0.1) is 5.92 Å². The van der Waals surface area contributed by atoms with Crippen molar-refractivity contribution in [3.63, 3.8) is 0 Å². The molecule has 1 saturated heterocycles. The van der Waals surface area contributed by atoms with Crippen LogP contribution in [0.4, 0.5) is 5.82 Å². The molecule has 1 fully saturated rings. The predicted octanol–water partition coefficient (Wildman–Crippen LogP) is 2.18. The number of nitrogens with one attached hydrogen (secondary N) is 1. The normalized spacial score (nSPS) is 16.5. The maximum absolute atomic E-state index is 12.4. The third kappa shape index (κ3) is 3.77. The lowest BCUT2D eigenvalue weighted by Gasteiger charge is -2.12. The first-order valence-electron chi connectivity index (χ1n) is 8.25. The molecule has 0 spiro atoms. The van der Waals surface area contributed by atoms with Gasteiger partial charge < -0.3 is 19.7 Å². The number of nitrogens with zero attached hydrogens (tertiary/aromatic N) is 2. The van der Waals surface area contributed by atoms with Gasteiger partial charge in [0.25, 0.3) is 0 Å². The Morgan fingerprint density at radius 1 is 1.19 bits per heavy atom. The molecule has 1 aromatic carbocycles. The van der Waals surface area contributed by atoms with Gasteiger partial charge in [-0.15, -0.1) is 0 Å². The molecule has 1 aromatic heterocycles. The predicted molar refractivity (Wildman–Crippen MR) is 97.2 cm³/mol. The van der Waals surface area contributed by atoms with Crippen molar-refractivity contribution in [2.24, 2.45) is 5.92 Å². The molecule has 136 valence electrons. The van der Waals surface area contributed by atoms with E-state index >= 15 is 0 Å². The summed E-state index contributed by atoms with van der Waals surface area (Å²) in [6, 6.07) is 10.9. The number of amides is 2. The Labute approximate surface area is 151 Å². The number of carbonyl (C=O) groups excluding carboxylic acids is 2. The van der Waals surface area contributed by atoms with Crippen LogP contribution >= 0.6 is 0 Å². The standard InChI is InChI=1S/C19H21N3O4/c1-22-11-13(9-18(22)23)19(24)21-17-6-4-5-16(20-17)12-7-14(25-2)10-15(8-12)26-3/h4-8,10,13H,9,11H2,1-3H3,(H,20,21,24). The summed E-state index contributed by atoms with van der Waals surface area (Å²) < 4.78 is 10.6. The number of pyridine rings is 1. The first-order chi connectivity index (χ1) is 12.5. The van der Waals surface area contributed by atoms with E-state index in [0.717, 1.165) is 5.56 Å². The van der Waals surface area contributed by atoms with Crippen LogP contribution in [0.3, 0.4) is 0 Å². The quantitative estimate of drug-likeness (QED) is 0.889. The molecule has 1 aliphatic heterocycles. The van der Waals surface area contributed by atoms with Crippen LogP contribution < -0.4 is 14.8 Å². The molecule has 26 heavy (non-hydrogen) atoms. The summed E-state index contributed by atoms with van der Waals surface area (Å²) in [5, 5.41) is 2.80. The van der Waals surface area contributed by atoms with Crippen molar-refractivity contribution in [1.82, 2.24) is 9.88 Å². The molecule has 2 amide bonds. The van der Waals surface area contributed by atoms with E-state index in [4.69, 9.17) is 9.47 Å². The van der Waals surface area contributed by atoms with Gasteiger partial charge in [0.15, 0.2) is 0 Å². The number of carbonyl (C=O) groups is 2. The molecule has 7 heteroatoms. The fourth-order valence-corrected chi connectivity index (χ4v) is 2.89. The second-order valence-corrected chi connectivity index (χ2v) is 6.17. The van der Waals surface area contributed by atoms with E-state index in [2.05, 4.69) is 10.3 Å². The van der Waals surface area contributed by atoms with Crippen LogP contribution in [0.2, 0.25) is 0 Å². The minimum atomic E-state index is -0.352. The number of ether oxygens (including phenoxy) is 2. The monoisotopic (exact) mass is 355 g/mol. The van der Waals surface area contributed by atoms with E-state index in [0.29, 0.717) is 29.6 Å².